The number of benzene rings is 2. The Morgan fingerprint density at radius 2 is 1.75 bits per heavy atom. The maximum absolute atomic E-state index is 13.3. The van der Waals surface area contributed by atoms with Gasteiger partial charge in [-0.2, -0.15) is 0 Å². The SMILES string of the molecule is CCOC(=O)c1c(O)c(-c2ccccc2)c(=O)n2c1c(=O)[nH]c1ccccc12. The smallest absolute Gasteiger partial charge is 0.344 e. The fourth-order valence-corrected chi connectivity index (χ4v) is 3.33. The zero-order valence-electron chi connectivity index (χ0n) is 14.9. The number of esters is 1. The maximum Gasteiger partial charge on any atom is 0.344 e. The molecule has 28 heavy (non-hydrogen) atoms. The molecule has 0 saturated heterocycles. The molecule has 0 aliphatic carbocycles. The monoisotopic (exact) mass is 376 g/mol. The summed E-state index contributed by atoms with van der Waals surface area (Å²) in [5.74, 6) is -1.45. The van der Waals surface area contributed by atoms with E-state index in [4.69, 9.17) is 4.74 Å². The number of fused-ring (bicyclic) bond motifs is 3. The Hall–Kier alpha value is -3.87. The number of para-hydroxylation sites is 2. The van der Waals surface area contributed by atoms with Crippen LogP contribution in [-0.4, -0.2) is 27.1 Å². The van der Waals surface area contributed by atoms with Crippen molar-refractivity contribution in [2.24, 2.45) is 0 Å². The van der Waals surface area contributed by atoms with E-state index in [1.165, 1.54) is 0 Å². The zero-order chi connectivity index (χ0) is 19.8. The van der Waals surface area contributed by atoms with E-state index in [1.807, 2.05) is 0 Å². The van der Waals surface area contributed by atoms with Gasteiger partial charge in [0.15, 0.2) is 0 Å². The highest BCUT2D eigenvalue weighted by Gasteiger charge is 2.27. The number of nitrogens with zero attached hydrogens (tertiary/aromatic N) is 1. The summed E-state index contributed by atoms with van der Waals surface area (Å²) in [4.78, 5) is 41.3. The standard InChI is InChI=1S/C21H16N2O5/c1-2-28-21(27)16-17-19(25)22-13-10-6-7-11-14(13)23(17)20(26)15(18(16)24)12-8-4-3-5-9-12/h3-11,24H,2H2,1H3,(H,22,25). The first-order valence-electron chi connectivity index (χ1n) is 8.69. The molecule has 2 aromatic carbocycles. The molecule has 0 amide bonds. The molecular formula is C21H16N2O5. The first-order chi connectivity index (χ1) is 13.5. The molecule has 0 saturated carbocycles. The molecular weight excluding hydrogens is 360 g/mol. The van der Waals surface area contributed by atoms with Gasteiger partial charge in [-0.05, 0) is 24.6 Å². The number of aromatic amines is 1. The predicted molar refractivity (Wildman–Crippen MR) is 105 cm³/mol. The summed E-state index contributed by atoms with van der Waals surface area (Å²) in [5, 5.41) is 10.8. The summed E-state index contributed by atoms with van der Waals surface area (Å²) in [6.07, 6.45) is 0. The molecule has 0 atom stereocenters. The van der Waals surface area contributed by atoms with Gasteiger partial charge >= 0.3 is 5.97 Å². The Balaban J connectivity index is 2.30. The Kier molecular flexibility index (Phi) is 4.19. The number of carbonyl (C=O) groups is 1. The summed E-state index contributed by atoms with van der Waals surface area (Å²) < 4.78 is 6.20. The van der Waals surface area contributed by atoms with Crippen LogP contribution in [0, 0.1) is 0 Å². The molecule has 7 heteroatoms. The molecule has 4 aromatic rings. The van der Waals surface area contributed by atoms with E-state index in [1.54, 1.807) is 61.5 Å². The second-order valence-corrected chi connectivity index (χ2v) is 6.15. The zero-order valence-corrected chi connectivity index (χ0v) is 14.9. The van der Waals surface area contributed by atoms with Crippen molar-refractivity contribution in [2.75, 3.05) is 6.61 Å². The van der Waals surface area contributed by atoms with Gasteiger partial charge in [0.1, 0.15) is 16.8 Å². The second kappa shape index (κ2) is 6.70. The topological polar surface area (TPSA) is 101 Å². The molecule has 2 N–H and O–H groups in total. The Morgan fingerprint density at radius 1 is 1.07 bits per heavy atom. The van der Waals surface area contributed by atoms with Crippen LogP contribution in [0.25, 0.3) is 27.7 Å². The second-order valence-electron chi connectivity index (χ2n) is 6.15. The van der Waals surface area contributed by atoms with Crippen LogP contribution in [0.1, 0.15) is 17.3 Å². The summed E-state index contributed by atoms with van der Waals surface area (Å²) in [6.45, 7) is 1.67. The van der Waals surface area contributed by atoms with Gasteiger partial charge in [-0.3, -0.25) is 14.0 Å². The lowest BCUT2D eigenvalue weighted by atomic mass is 10.0. The molecule has 0 unspecified atom stereocenters. The fraction of sp³-hybridized carbons (Fsp3) is 0.0952. The van der Waals surface area contributed by atoms with E-state index in [-0.39, 0.29) is 23.3 Å². The lowest BCUT2D eigenvalue weighted by molar-refractivity contribution is 0.0525. The Labute approximate surface area is 158 Å². The third-order valence-corrected chi connectivity index (χ3v) is 4.50. The van der Waals surface area contributed by atoms with Crippen molar-refractivity contribution in [3.05, 3.63) is 80.9 Å². The lowest BCUT2D eigenvalue weighted by Gasteiger charge is -2.14. The molecule has 0 radical (unpaired) electrons. The normalized spacial score (nSPS) is 11.0. The quantitative estimate of drug-likeness (QED) is 0.423. The molecule has 0 fully saturated rings. The van der Waals surface area contributed by atoms with E-state index in [2.05, 4.69) is 4.98 Å². The largest absolute Gasteiger partial charge is 0.506 e. The molecule has 0 bridgehead atoms. The Morgan fingerprint density at radius 3 is 2.46 bits per heavy atom. The minimum Gasteiger partial charge on any atom is -0.506 e. The molecule has 0 aliphatic rings. The van der Waals surface area contributed by atoms with Crippen LogP contribution < -0.4 is 11.1 Å². The maximum atomic E-state index is 13.3. The molecule has 0 aliphatic heterocycles. The molecule has 140 valence electrons. The van der Waals surface area contributed by atoms with Gasteiger partial charge in [-0.15, -0.1) is 0 Å². The highest BCUT2D eigenvalue weighted by Crippen LogP contribution is 2.32. The van der Waals surface area contributed by atoms with Gasteiger partial charge in [0.25, 0.3) is 11.1 Å². The van der Waals surface area contributed by atoms with Crippen molar-refractivity contribution >= 4 is 22.5 Å². The molecule has 4 rings (SSSR count). The average Bonchev–Trinajstić information content (AvgIpc) is 2.69. The van der Waals surface area contributed by atoms with Crippen LogP contribution in [0.5, 0.6) is 5.75 Å². The van der Waals surface area contributed by atoms with Crippen molar-refractivity contribution in [2.45, 2.75) is 6.92 Å². The number of nitrogens with one attached hydrogen (secondary N) is 1. The lowest BCUT2D eigenvalue weighted by Crippen LogP contribution is -2.27. The summed E-state index contributed by atoms with van der Waals surface area (Å²) in [6, 6.07) is 15.2. The predicted octanol–water partition coefficient (Wildman–Crippen LogP) is 2.69. The first-order valence-corrected chi connectivity index (χ1v) is 8.69. The fourth-order valence-electron chi connectivity index (χ4n) is 3.33. The van der Waals surface area contributed by atoms with Gasteiger partial charge in [0, 0.05) is 0 Å². The highest BCUT2D eigenvalue weighted by atomic mass is 16.5. The van der Waals surface area contributed by atoms with E-state index in [0.717, 1.165) is 4.40 Å². The van der Waals surface area contributed by atoms with E-state index in [0.29, 0.717) is 16.6 Å². The van der Waals surface area contributed by atoms with Crippen molar-refractivity contribution in [3.8, 4) is 16.9 Å². The Bertz CT molecular complexity index is 1340. The van der Waals surface area contributed by atoms with Crippen molar-refractivity contribution in [3.63, 3.8) is 0 Å². The molecule has 7 nitrogen and oxygen atoms in total. The summed E-state index contributed by atoms with van der Waals surface area (Å²) >= 11 is 0. The van der Waals surface area contributed by atoms with Gasteiger partial charge in [0.2, 0.25) is 0 Å². The van der Waals surface area contributed by atoms with Gasteiger partial charge in [0.05, 0.1) is 23.2 Å². The molecule has 0 spiro atoms. The highest BCUT2D eigenvalue weighted by molar-refractivity contribution is 6.03. The minimum absolute atomic E-state index is 0.0513. The third-order valence-electron chi connectivity index (χ3n) is 4.50. The third kappa shape index (κ3) is 2.56. The average molecular weight is 376 g/mol. The van der Waals surface area contributed by atoms with Crippen LogP contribution in [0.4, 0.5) is 0 Å². The number of hydrogen-bond acceptors (Lipinski definition) is 5. The van der Waals surface area contributed by atoms with Crippen LogP contribution in [0.2, 0.25) is 0 Å². The van der Waals surface area contributed by atoms with Crippen LogP contribution >= 0.6 is 0 Å². The van der Waals surface area contributed by atoms with Crippen LogP contribution in [0.3, 0.4) is 0 Å². The van der Waals surface area contributed by atoms with Gasteiger partial charge in [-0.25, -0.2) is 4.79 Å². The van der Waals surface area contributed by atoms with Gasteiger partial charge < -0.3 is 14.8 Å². The van der Waals surface area contributed by atoms with Crippen molar-refractivity contribution in [1.82, 2.24) is 9.38 Å². The summed E-state index contributed by atoms with van der Waals surface area (Å²) in [5.41, 5.74) is -0.674. The van der Waals surface area contributed by atoms with Crippen molar-refractivity contribution in [1.29, 1.82) is 0 Å². The number of pyridine rings is 1. The van der Waals surface area contributed by atoms with E-state index >= 15 is 0 Å². The number of H-pyrrole nitrogens is 1. The summed E-state index contributed by atoms with van der Waals surface area (Å²) in [7, 11) is 0. The molecule has 2 heterocycles. The minimum atomic E-state index is -0.879. The number of aromatic hydroxyl groups is 1. The van der Waals surface area contributed by atoms with E-state index < -0.39 is 22.8 Å². The number of hydrogen-bond donors (Lipinski definition) is 2. The van der Waals surface area contributed by atoms with E-state index in [9.17, 15) is 19.5 Å². The van der Waals surface area contributed by atoms with Crippen LogP contribution in [-0.2, 0) is 4.74 Å². The number of rotatable bonds is 3. The van der Waals surface area contributed by atoms with Crippen molar-refractivity contribution < 1.29 is 14.6 Å². The number of aromatic nitrogens is 2. The first kappa shape index (κ1) is 17.5. The number of ether oxygens (including phenoxy) is 1. The number of carbonyl (C=O) groups excluding carboxylic acids is 1. The molecule has 2 aromatic heterocycles. The van der Waals surface area contributed by atoms with Gasteiger partial charge in [-0.1, -0.05) is 42.5 Å². The van der Waals surface area contributed by atoms with Crippen LogP contribution in [0.15, 0.2) is 64.2 Å².